The van der Waals surface area contributed by atoms with Gasteiger partial charge in [-0.25, -0.2) is 4.98 Å². The summed E-state index contributed by atoms with van der Waals surface area (Å²) < 4.78 is 1.88. The summed E-state index contributed by atoms with van der Waals surface area (Å²) in [5.74, 6) is 2.16. The second-order valence-corrected chi connectivity index (χ2v) is 7.41. The van der Waals surface area contributed by atoms with E-state index >= 15 is 0 Å². The molecule has 3 heterocycles. The van der Waals surface area contributed by atoms with Crippen molar-refractivity contribution < 1.29 is 4.79 Å². The number of hydrogen-bond acceptors (Lipinski definition) is 4. The number of carbonyl (C=O) groups excluding carboxylic acids is 1. The second-order valence-electron chi connectivity index (χ2n) is 7.41. The van der Waals surface area contributed by atoms with Gasteiger partial charge in [0.1, 0.15) is 5.82 Å². The topological polar surface area (TPSA) is 62.5 Å². The third-order valence-electron chi connectivity index (χ3n) is 5.75. The molecule has 0 bridgehead atoms. The molecule has 1 saturated carbocycles. The summed E-state index contributed by atoms with van der Waals surface area (Å²) in [6.45, 7) is 2.65. The van der Waals surface area contributed by atoms with Crippen molar-refractivity contribution in [3.8, 4) is 0 Å². The summed E-state index contributed by atoms with van der Waals surface area (Å²) in [4.78, 5) is 19.1. The molecule has 0 aromatic carbocycles. The van der Waals surface area contributed by atoms with Crippen LogP contribution in [0.3, 0.4) is 0 Å². The van der Waals surface area contributed by atoms with Crippen LogP contribution in [0.2, 0.25) is 0 Å². The molecule has 2 aliphatic rings. The minimum atomic E-state index is 0.148. The fourth-order valence-corrected chi connectivity index (χ4v) is 4.21. The highest BCUT2D eigenvalue weighted by atomic mass is 16.1. The summed E-state index contributed by atoms with van der Waals surface area (Å²) in [5, 5.41) is 7.58. The van der Waals surface area contributed by atoms with Gasteiger partial charge in [0.15, 0.2) is 5.65 Å². The second kappa shape index (κ2) is 7.42. The van der Waals surface area contributed by atoms with E-state index in [0.29, 0.717) is 5.92 Å². The molecule has 0 spiro atoms. The standard InChI is InChI=1S/C19H27N5O/c25-19(21-14-15-4-2-1-3-5-15)16-8-12-23(13-9-16)18-7-10-20-17-6-11-22-24(17)18/h6-7,10-11,15-16H,1-5,8-9,12-14H2,(H,21,25). The molecule has 1 saturated heterocycles. The van der Waals surface area contributed by atoms with Crippen LogP contribution >= 0.6 is 0 Å². The van der Waals surface area contributed by atoms with Crippen LogP contribution in [0.25, 0.3) is 5.65 Å². The Labute approximate surface area is 148 Å². The van der Waals surface area contributed by atoms with Crippen molar-refractivity contribution in [3.63, 3.8) is 0 Å². The molecule has 1 aliphatic carbocycles. The number of anilines is 1. The lowest BCUT2D eigenvalue weighted by Gasteiger charge is -2.33. The van der Waals surface area contributed by atoms with Gasteiger partial charge in [0.2, 0.25) is 5.91 Å². The molecule has 0 atom stereocenters. The van der Waals surface area contributed by atoms with Crippen LogP contribution in [0, 0.1) is 11.8 Å². The number of carbonyl (C=O) groups is 1. The van der Waals surface area contributed by atoms with Crippen molar-refractivity contribution in [2.75, 3.05) is 24.5 Å². The summed E-state index contributed by atoms with van der Waals surface area (Å²) in [6, 6.07) is 3.92. The number of nitrogens with one attached hydrogen (secondary N) is 1. The first-order chi connectivity index (χ1) is 12.3. The molecule has 4 rings (SSSR count). The Morgan fingerprint density at radius 3 is 2.68 bits per heavy atom. The van der Waals surface area contributed by atoms with E-state index in [-0.39, 0.29) is 11.8 Å². The van der Waals surface area contributed by atoms with E-state index in [1.54, 1.807) is 6.20 Å². The molecule has 134 valence electrons. The largest absolute Gasteiger partial charge is 0.356 e. The Hall–Kier alpha value is -2.11. The van der Waals surface area contributed by atoms with Crippen molar-refractivity contribution in [1.29, 1.82) is 0 Å². The molecule has 2 fully saturated rings. The van der Waals surface area contributed by atoms with Crippen LogP contribution in [-0.4, -0.2) is 40.1 Å². The zero-order valence-corrected chi connectivity index (χ0v) is 14.7. The predicted octanol–water partition coefficient (Wildman–Crippen LogP) is 2.64. The van der Waals surface area contributed by atoms with Gasteiger partial charge >= 0.3 is 0 Å². The fourth-order valence-electron chi connectivity index (χ4n) is 4.21. The molecular weight excluding hydrogens is 314 g/mol. The van der Waals surface area contributed by atoms with Gasteiger partial charge in [0, 0.05) is 37.8 Å². The monoisotopic (exact) mass is 341 g/mol. The zero-order valence-electron chi connectivity index (χ0n) is 14.7. The van der Waals surface area contributed by atoms with E-state index < -0.39 is 0 Å². The molecule has 2 aromatic rings. The van der Waals surface area contributed by atoms with Gasteiger partial charge in [-0.2, -0.15) is 9.61 Å². The Bertz CT molecular complexity index is 713. The molecule has 2 aromatic heterocycles. The van der Waals surface area contributed by atoms with E-state index in [9.17, 15) is 4.79 Å². The lowest BCUT2D eigenvalue weighted by Crippen LogP contribution is -2.42. The minimum Gasteiger partial charge on any atom is -0.356 e. The maximum atomic E-state index is 12.5. The van der Waals surface area contributed by atoms with Gasteiger partial charge in [-0.1, -0.05) is 19.3 Å². The molecule has 1 aliphatic heterocycles. The van der Waals surface area contributed by atoms with Gasteiger partial charge in [-0.05, 0) is 37.7 Å². The molecular formula is C19H27N5O. The Kier molecular flexibility index (Phi) is 4.85. The highest BCUT2D eigenvalue weighted by Gasteiger charge is 2.26. The van der Waals surface area contributed by atoms with Gasteiger partial charge in [-0.15, -0.1) is 0 Å². The number of piperidine rings is 1. The quantitative estimate of drug-likeness (QED) is 0.929. The summed E-state index contributed by atoms with van der Waals surface area (Å²) in [5.41, 5.74) is 0.866. The van der Waals surface area contributed by atoms with Gasteiger partial charge in [0.05, 0.1) is 6.20 Å². The Morgan fingerprint density at radius 1 is 1.08 bits per heavy atom. The van der Waals surface area contributed by atoms with Crippen molar-refractivity contribution >= 4 is 17.4 Å². The van der Waals surface area contributed by atoms with Crippen LogP contribution in [0.4, 0.5) is 5.82 Å². The maximum Gasteiger partial charge on any atom is 0.223 e. The van der Waals surface area contributed by atoms with Gasteiger partial charge in [0.25, 0.3) is 0 Å². The SMILES string of the molecule is O=C(NCC1CCCCC1)C1CCN(c2ccnc3ccnn23)CC1. The van der Waals surface area contributed by atoms with E-state index in [4.69, 9.17) is 0 Å². The number of amides is 1. The lowest BCUT2D eigenvalue weighted by atomic mass is 9.89. The number of rotatable bonds is 4. The van der Waals surface area contributed by atoms with Crippen molar-refractivity contribution in [2.45, 2.75) is 44.9 Å². The fraction of sp³-hybridized carbons (Fsp3) is 0.632. The van der Waals surface area contributed by atoms with Crippen LogP contribution in [0.1, 0.15) is 44.9 Å². The normalized spacial score (nSPS) is 20.1. The first kappa shape index (κ1) is 16.4. The van der Waals surface area contributed by atoms with E-state index in [1.165, 1.54) is 32.1 Å². The van der Waals surface area contributed by atoms with Crippen LogP contribution < -0.4 is 10.2 Å². The zero-order chi connectivity index (χ0) is 17.1. The number of fused-ring (bicyclic) bond motifs is 1. The van der Waals surface area contributed by atoms with Gasteiger partial charge in [-0.3, -0.25) is 4.79 Å². The smallest absolute Gasteiger partial charge is 0.223 e. The van der Waals surface area contributed by atoms with E-state index in [0.717, 1.165) is 43.9 Å². The van der Waals surface area contributed by atoms with E-state index in [1.807, 2.05) is 22.8 Å². The summed E-state index contributed by atoms with van der Waals surface area (Å²) >= 11 is 0. The van der Waals surface area contributed by atoms with Crippen molar-refractivity contribution in [2.24, 2.45) is 11.8 Å². The summed E-state index contributed by atoms with van der Waals surface area (Å²) in [6.07, 6.45) is 12.0. The molecule has 25 heavy (non-hydrogen) atoms. The number of hydrogen-bond donors (Lipinski definition) is 1. The van der Waals surface area contributed by atoms with E-state index in [2.05, 4.69) is 20.3 Å². The number of nitrogens with zero attached hydrogens (tertiary/aromatic N) is 4. The summed E-state index contributed by atoms with van der Waals surface area (Å²) in [7, 11) is 0. The molecule has 0 radical (unpaired) electrons. The Balaban J connectivity index is 1.30. The van der Waals surface area contributed by atoms with Gasteiger partial charge < -0.3 is 10.2 Å². The van der Waals surface area contributed by atoms with Crippen LogP contribution in [0.5, 0.6) is 0 Å². The third-order valence-corrected chi connectivity index (χ3v) is 5.75. The first-order valence-electron chi connectivity index (χ1n) is 9.62. The van der Waals surface area contributed by atoms with Crippen molar-refractivity contribution in [1.82, 2.24) is 19.9 Å². The number of aromatic nitrogens is 3. The maximum absolute atomic E-state index is 12.5. The average Bonchev–Trinajstić information content (AvgIpc) is 3.16. The Morgan fingerprint density at radius 2 is 1.88 bits per heavy atom. The molecule has 6 heteroatoms. The minimum absolute atomic E-state index is 0.148. The highest BCUT2D eigenvalue weighted by Crippen LogP contribution is 2.25. The predicted molar refractivity (Wildman–Crippen MR) is 97.5 cm³/mol. The molecule has 0 unspecified atom stereocenters. The first-order valence-corrected chi connectivity index (χ1v) is 9.62. The van der Waals surface area contributed by atoms with Crippen LogP contribution in [0.15, 0.2) is 24.5 Å². The van der Waals surface area contributed by atoms with Crippen LogP contribution in [-0.2, 0) is 4.79 Å². The average molecular weight is 341 g/mol. The highest BCUT2D eigenvalue weighted by molar-refractivity contribution is 5.79. The molecule has 1 N–H and O–H groups in total. The molecule has 1 amide bonds. The lowest BCUT2D eigenvalue weighted by molar-refractivity contribution is -0.125. The molecule has 6 nitrogen and oxygen atoms in total. The van der Waals surface area contributed by atoms with Crippen molar-refractivity contribution in [3.05, 3.63) is 24.5 Å². The third kappa shape index (κ3) is 3.62.